The second kappa shape index (κ2) is 6.74. The number of aromatic amines is 2. The molecular formula is C19H23N4O2S+. The average molecular weight is 371 g/mol. The first kappa shape index (κ1) is 17.1. The van der Waals surface area contributed by atoms with Crippen LogP contribution in [0, 0.1) is 4.77 Å². The van der Waals surface area contributed by atoms with Crippen LogP contribution in [-0.2, 0) is 13.0 Å². The van der Waals surface area contributed by atoms with E-state index in [0.717, 1.165) is 37.0 Å². The monoisotopic (exact) mass is 371 g/mol. The molecule has 1 aliphatic heterocycles. The van der Waals surface area contributed by atoms with Crippen LogP contribution >= 0.6 is 12.2 Å². The minimum absolute atomic E-state index is 0.0139. The molecule has 0 saturated heterocycles. The lowest BCUT2D eigenvalue weighted by molar-refractivity contribution is -0.690. The molecule has 0 radical (unpaired) electrons. The number of rotatable bonds is 4. The lowest BCUT2D eigenvalue weighted by atomic mass is 9.95. The molecule has 0 unspecified atom stereocenters. The van der Waals surface area contributed by atoms with Gasteiger partial charge in [-0.3, -0.25) is 14.3 Å². The molecule has 2 aromatic heterocycles. The van der Waals surface area contributed by atoms with Crippen molar-refractivity contribution in [2.24, 2.45) is 0 Å². The number of nitrogens with one attached hydrogen (secondary N) is 2. The summed E-state index contributed by atoms with van der Waals surface area (Å²) in [5.74, 6) is -0.0139. The summed E-state index contributed by atoms with van der Waals surface area (Å²) in [5, 5.41) is 14.2. The molecule has 0 saturated carbocycles. The summed E-state index contributed by atoms with van der Waals surface area (Å²) < 4.78 is 1.91. The van der Waals surface area contributed by atoms with Crippen molar-refractivity contribution < 1.29 is 10.4 Å². The van der Waals surface area contributed by atoms with Crippen LogP contribution in [0.15, 0.2) is 29.1 Å². The van der Waals surface area contributed by atoms with Crippen molar-refractivity contribution in [2.45, 2.75) is 38.8 Å². The molecule has 0 fully saturated rings. The molecule has 1 atom stereocenters. The van der Waals surface area contributed by atoms with Crippen molar-refractivity contribution in [3.05, 3.63) is 56.2 Å². The zero-order valence-corrected chi connectivity index (χ0v) is 15.5. The number of nitrogens with zero attached hydrogens (tertiary/aromatic N) is 1. The molecular weight excluding hydrogens is 348 g/mol. The van der Waals surface area contributed by atoms with Crippen LogP contribution in [0.1, 0.15) is 42.6 Å². The Morgan fingerprint density at radius 2 is 2.15 bits per heavy atom. The number of hydrogen-bond donors (Lipinski definition) is 4. The number of aromatic hydroxyl groups is 1. The Hall–Kier alpha value is -2.38. The van der Waals surface area contributed by atoms with Crippen LogP contribution < -0.4 is 10.9 Å². The number of aromatic nitrogens is 3. The normalized spacial score (nSPS) is 16.7. The van der Waals surface area contributed by atoms with E-state index in [1.807, 2.05) is 18.2 Å². The van der Waals surface area contributed by atoms with Gasteiger partial charge in [0.2, 0.25) is 5.88 Å². The number of unbranched alkanes of at least 4 members (excludes halogenated alkanes) is 1. The Bertz CT molecular complexity index is 1080. The molecule has 4 rings (SSSR count). The summed E-state index contributed by atoms with van der Waals surface area (Å²) in [7, 11) is 0. The first-order valence-corrected chi connectivity index (χ1v) is 9.51. The van der Waals surface area contributed by atoms with E-state index < -0.39 is 0 Å². The molecule has 0 bridgehead atoms. The minimum atomic E-state index is -0.312. The number of benzene rings is 1. The van der Waals surface area contributed by atoms with Gasteiger partial charge in [0.15, 0.2) is 10.8 Å². The van der Waals surface area contributed by atoms with Gasteiger partial charge < -0.3 is 15.4 Å². The second-order valence-electron chi connectivity index (χ2n) is 6.82. The van der Waals surface area contributed by atoms with E-state index in [9.17, 15) is 9.90 Å². The van der Waals surface area contributed by atoms with Gasteiger partial charge in [0.25, 0.3) is 5.56 Å². The van der Waals surface area contributed by atoms with E-state index in [4.69, 9.17) is 12.2 Å². The SMILES string of the molecule is CCCCn1c(O)c([C@@H]2[NH2+]CCc3c2[nH]c2ccccc32)c(=O)[nH]c1=S. The molecule has 5 N–H and O–H groups in total. The predicted octanol–water partition coefficient (Wildman–Crippen LogP) is 2.10. The van der Waals surface area contributed by atoms with Gasteiger partial charge in [0.05, 0.1) is 12.2 Å². The van der Waals surface area contributed by atoms with Crippen molar-refractivity contribution in [1.29, 1.82) is 0 Å². The molecule has 26 heavy (non-hydrogen) atoms. The molecule has 0 amide bonds. The van der Waals surface area contributed by atoms with Gasteiger partial charge >= 0.3 is 0 Å². The lowest BCUT2D eigenvalue weighted by Crippen LogP contribution is -2.87. The maximum absolute atomic E-state index is 12.7. The maximum Gasteiger partial charge on any atom is 0.265 e. The summed E-state index contributed by atoms with van der Waals surface area (Å²) in [5.41, 5.74) is 3.36. The molecule has 0 aliphatic carbocycles. The highest BCUT2D eigenvalue weighted by Crippen LogP contribution is 2.32. The lowest BCUT2D eigenvalue weighted by Gasteiger charge is -2.22. The summed E-state index contributed by atoms with van der Waals surface area (Å²) in [6.45, 7) is 3.54. The van der Waals surface area contributed by atoms with Crippen LogP contribution in [0.2, 0.25) is 0 Å². The molecule has 0 spiro atoms. The number of H-pyrrole nitrogens is 2. The van der Waals surface area contributed by atoms with Gasteiger partial charge in [0, 0.05) is 23.9 Å². The molecule has 3 heterocycles. The third-order valence-electron chi connectivity index (χ3n) is 5.21. The van der Waals surface area contributed by atoms with E-state index in [0.29, 0.717) is 12.1 Å². The van der Waals surface area contributed by atoms with Gasteiger partial charge in [-0.05, 0) is 30.3 Å². The number of fused-ring (bicyclic) bond motifs is 3. The van der Waals surface area contributed by atoms with Gasteiger partial charge in [-0.25, -0.2) is 0 Å². The van der Waals surface area contributed by atoms with Crippen molar-refractivity contribution in [3.8, 4) is 5.88 Å². The van der Waals surface area contributed by atoms with E-state index in [-0.39, 0.29) is 22.3 Å². The third kappa shape index (κ3) is 2.68. The molecule has 136 valence electrons. The predicted molar refractivity (Wildman–Crippen MR) is 103 cm³/mol. The number of quaternary nitrogens is 1. The van der Waals surface area contributed by atoms with E-state index in [1.54, 1.807) is 4.57 Å². The van der Waals surface area contributed by atoms with Crippen molar-refractivity contribution >= 4 is 23.1 Å². The van der Waals surface area contributed by atoms with Crippen LogP contribution in [0.5, 0.6) is 5.88 Å². The first-order chi connectivity index (χ1) is 12.6. The highest BCUT2D eigenvalue weighted by atomic mass is 32.1. The van der Waals surface area contributed by atoms with Crippen LogP contribution in [0.4, 0.5) is 0 Å². The van der Waals surface area contributed by atoms with Crippen LogP contribution in [0.3, 0.4) is 0 Å². The zero-order valence-electron chi connectivity index (χ0n) is 14.7. The van der Waals surface area contributed by atoms with E-state index in [2.05, 4.69) is 28.3 Å². The molecule has 7 heteroatoms. The largest absolute Gasteiger partial charge is 0.494 e. The summed E-state index contributed by atoms with van der Waals surface area (Å²) in [6.07, 6.45) is 2.81. The topological polar surface area (TPSA) is 90.4 Å². The summed E-state index contributed by atoms with van der Waals surface area (Å²) in [4.78, 5) is 18.9. The Balaban J connectivity index is 1.90. The smallest absolute Gasteiger partial charge is 0.265 e. The number of nitrogens with two attached hydrogens (primary N) is 1. The van der Waals surface area contributed by atoms with Gasteiger partial charge in [-0.2, -0.15) is 0 Å². The average Bonchev–Trinajstić information content (AvgIpc) is 3.01. The number of para-hydroxylation sites is 1. The summed E-state index contributed by atoms with van der Waals surface area (Å²) >= 11 is 5.26. The highest BCUT2D eigenvalue weighted by molar-refractivity contribution is 7.71. The fraction of sp³-hybridized carbons (Fsp3) is 0.368. The minimum Gasteiger partial charge on any atom is -0.494 e. The standard InChI is InChI=1S/C19H22N4O2S/c1-2-3-10-23-18(25)14(17(24)22-19(23)26)16-15-12(8-9-20-16)11-6-4-5-7-13(11)21-15/h4-7,16,20-21,25H,2-3,8-10H2,1H3,(H,22,24,26)/p+1/t16-/m0/s1. The number of hydrogen-bond acceptors (Lipinski definition) is 3. The Morgan fingerprint density at radius 3 is 2.96 bits per heavy atom. The second-order valence-corrected chi connectivity index (χ2v) is 7.20. The van der Waals surface area contributed by atoms with E-state index in [1.165, 1.54) is 10.9 Å². The molecule has 1 aliphatic rings. The molecule has 3 aromatic rings. The van der Waals surface area contributed by atoms with Crippen molar-refractivity contribution in [3.63, 3.8) is 0 Å². The highest BCUT2D eigenvalue weighted by Gasteiger charge is 2.33. The Kier molecular flexibility index (Phi) is 4.42. The Labute approximate surface area is 155 Å². The molecule has 1 aromatic carbocycles. The van der Waals surface area contributed by atoms with E-state index >= 15 is 0 Å². The van der Waals surface area contributed by atoms with Gasteiger partial charge in [0.1, 0.15) is 5.56 Å². The fourth-order valence-electron chi connectivity index (χ4n) is 3.91. The van der Waals surface area contributed by atoms with Gasteiger partial charge in [-0.15, -0.1) is 0 Å². The molecule has 6 nitrogen and oxygen atoms in total. The van der Waals surface area contributed by atoms with Gasteiger partial charge in [-0.1, -0.05) is 31.5 Å². The quantitative estimate of drug-likeness (QED) is 0.530. The zero-order chi connectivity index (χ0) is 18.3. The third-order valence-corrected chi connectivity index (χ3v) is 5.53. The van der Waals surface area contributed by atoms with Crippen molar-refractivity contribution in [1.82, 2.24) is 14.5 Å². The Morgan fingerprint density at radius 1 is 1.35 bits per heavy atom. The van der Waals surface area contributed by atoms with Crippen molar-refractivity contribution in [2.75, 3.05) is 6.54 Å². The summed E-state index contributed by atoms with van der Waals surface area (Å²) in [6, 6.07) is 7.91. The van der Waals surface area contributed by atoms with Crippen LogP contribution in [-0.4, -0.2) is 26.2 Å². The fourth-order valence-corrected chi connectivity index (χ4v) is 4.18. The maximum atomic E-state index is 12.7. The van der Waals surface area contributed by atoms with Crippen LogP contribution in [0.25, 0.3) is 10.9 Å². The first-order valence-electron chi connectivity index (χ1n) is 9.10.